The van der Waals surface area contributed by atoms with E-state index < -0.39 is 5.91 Å². The maximum Gasteiger partial charge on any atom is 0.259 e. The lowest BCUT2D eigenvalue weighted by Crippen LogP contribution is -2.14. The summed E-state index contributed by atoms with van der Waals surface area (Å²) in [5, 5.41) is 6.37. The molecule has 0 spiro atoms. The monoisotopic (exact) mass is 252 g/mol. The van der Waals surface area contributed by atoms with Crippen molar-refractivity contribution < 1.29 is 9.32 Å². The van der Waals surface area contributed by atoms with E-state index in [1.807, 2.05) is 0 Å². The molecule has 0 radical (unpaired) electrons. The number of amides is 1. The predicted octanol–water partition coefficient (Wildman–Crippen LogP) is 1.87. The maximum atomic E-state index is 11.8. The number of nitrogens with two attached hydrogens (primary N) is 1. The summed E-state index contributed by atoms with van der Waals surface area (Å²) < 4.78 is 4.82. The SMILES string of the molecule is Cc1cc(NC(=O)c2cc(Cl)ncc2N)no1. The Morgan fingerprint density at radius 2 is 2.29 bits per heavy atom. The Balaban J connectivity index is 2.22. The molecular weight excluding hydrogens is 244 g/mol. The van der Waals surface area contributed by atoms with Crippen molar-refractivity contribution in [2.45, 2.75) is 6.92 Å². The molecule has 0 aliphatic heterocycles. The number of hydrogen-bond donors (Lipinski definition) is 2. The fourth-order valence-corrected chi connectivity index (χ4v) is 1.40. The Hall–Kier alpha value is -2.08. The molecule has 0 aromatic carbocycles. The largest absolute Gasteiger partial charge is 0.397 e. The molecule has 0 saturated carbocycles. The zero-order valence-electron chi connectivity index (χ0n) is 8.90. The van der Waals surface area contributed by atoms with E-state index in [1.165, 1.54) is 12.3 Å². The van der Waals surface area contributed by atoms with Crippen LogP contribution in [0, 0.1) is 6.92 Å². The molecule has 2 heterocycles. The number of nitrogens with one attached hydrogen (secondary N) is 1. The summed E-state index contributed by atoms with van der Waals surface area (Å²) in [6.45, 7) is 1.72. The van der Waals surface area contributed by atoms with Crippen molar-refractivity contribution in [3.63, 3.8) is 0 Å². The summed E-state index contributed by atoms with van der Waals surface area (Å²) in [5.74, 6) is 0.501. The van der Waals surface area contributed by atoms with E-state index in [4.69, 9.17) is 21.9 Å². The van der Waals surface area contributed by atoms with Crippen molar-refractivity contribution in [2.75, 3.05) is 11.1 Å². The van der Waals surface area contributed by atoms with E-state index in [1.54, 1.807) is 13.0 Å². The molecule has 2 aromatic heterocycles. The minimum absolute atomic E-state index is 0.195. The van der Waals surface area contributed by atoms with Crippen molar-refractivity contribution in [2.24, 2.45) is 0 Å². The van der Waals surface area contributed by atoms with Crippen LogP contribution in [-0.2, 0) is 0 Å². The summed E-state index contributed by atoms with van der Waals surface area (Å²) in [7, 11) is 0. The van der Waals surface area contributed by atoms with Gasteiger partial charge >= 0.3 is 0 Å². The van der Waals surface area contributed by atoms with Gasteiger partial charge in [-0.3, -0.25) is 4.79 Å². The Morgan fingerprint density at radius 3 is 2.94 bits per heavy atom. The van der Waals surface area contributed by atoms with Gasteiger partial charge in [0.15, 0.2) is 5.82 Å². The molecule has 2 aromatic rings. The highest BCUT2D eigenvalue weighted by molar-refractivity contribution is 6.30. The molecule has 7 heteroatoms. The topological polar surface area (TPSA) is 94.0 Å². The third-order valence-corrected chi connectivity index (χ3v) is 2.22. The smallest absolute Gasteiger partial charge is 0.259 e. The lowest BCUT2D eigenvalue weighted by atomic mass is 10.2. The van der Waals surface area contributed by atoms with Gasteiger partial charge in [-0.2, -0.15) is 0 Å². The molecule has 0 aliphatic rings. The number of nitrogens with zero attached hydrogens (tertiary/aromatic N) is 2. The van der Waals surface area contributed by atoms with Crippen molar-refractivity contribution in [3.8, 4) is 0 Å². The quantitative estimate of drug-likeness (QED) is 0.796. The minimum atomic E-state index is -0.417. The van der Waals surface area contributed by atoms with Crippen LogP contribution < -0.4 is 11.1 Å². The van der Waals surface area contributed by atoms with Gasteiger partial charge in [0.1, 0.15) is 10.9 Å². The molecule has 0 unspecified atom stereocenters. The van der Waals surface area contributed by atoms with Crippen molar-refractivity contribution >= 4 is 29.0 Å². The normalized spacial score (nSPS) is 10.2. The third-order valence-electron chi connectivity index (χ3n) is 2.02. The average molecular weight is 253 g/mol. The first-order chi connectivity index (χ1) is 8.06. The summed E-state index contributed by atoms with van der Waals surface area (Å²) in [6, 6.07) is 2.98. The number of aromatic nitrogens is 2. The van der Waals surface area contributed by atoms with Gasteiger partial charge < -0.3 is 15.6 Å². The fourth-order valence-electron chi connectivity index (χ4n) is 1.25. The zero-order chi connectivity index (χ0) is 12.4. The van der Waals surface area contributed by atoms with Gasteiger partial charge in [0.05, 0.1) is 17.4 Å². The Kier molecular flexibility index (Phi) is 2.97. The molecule has 0 fully saturated rings. The van der Waals surface area contributed by atoms with Crippen LogP contribution in [-0.4, -0.2) is 16.0 Å². The summed E-state index contributed by atoms with van der Waals surface area (Å²) in [6.07, 6.45) is 1.32. The highest BCUT2D eigenvalue weighted by atomic mass is 35.5. The molecule has 1 amide bonds. The van der Waals surface area contributed by atoms with Crippen LogP contribution in [0.5, 0.6) is 0 Å². The second kappa shape index (κ2) is 4.42. The summed E-state index contributed by atoms with van der Waals surface area (Å²) in [5.41, 5.74) is 6.11. The van der Waals surface area contributed by atoms with E-state index in [2.05, 4.69) is 15.5 Å². The molecule has 0 saturated heterocycles. The van der Waals surface area contributed by atoms with Crippen molar-refractivity contribution in [1.82, 2.24) is 10.1 Å². The lowest BCUT2D eigenvalue weighted by molar-refractivity contribution is 0.102. The molecular formula is C10H9ClN4O2. The van der Waals surface area contributed by atoms with Crippen LogP contribution in [0.2, 0.25) is 5.15 Å². The Morgan fingerprint density at radius 1 is 1.53 bits per heavy atom. The maximum absolute atomic E-state index is 11.8. The van der Waals surface area contributed by atoms with Gasteiger partial charge in [-0.1, -0.05) is 16.8 Å². The van der Waals surface area contributed by atoms with E-state index in [0.29, 0.717) is 11.6 Å². The molecule has 3 N–H and O–H groups in total. The van der Waals surface area contributed by atoms with Crippen LogP contribution >= 0.6 is 11.6 Å². The second-order valence-corrected chi connectivity index (χ2v) is 3.76. The first-order valence-corrected chi connectivity index (χ1v) is 5.10. The predicted molar refractivity (Wildman–Crippen MR) is 62.9 cm³/mol. The summed E-state index contributed by atoms with van der Waals surface area (Å²) in [4.78, 5) is 15.6. The molecule has 88 valence electrons. The number of carbonyl (C=O) groups excluding carboxylic acids is 1. The van der Waals surface area contributed by atoms with Crippen LogP contribution in [0.25, 0.3) is 0 Å². The molecule has 2 rings (SSSR count). The standard InChI is InChI=1S/C10H9ClN4O2/c1-5-2-9(15-17-5)14-10(16)6-3-8(11)13-4-7(6)12/h2-4H,12H2,1H3,(H,14,15,16). The van der Waals surface area contributed by atoms with E-state index >= 15 is 0 Å². The number of aryl methyl sites for hydroxylation is 1. The Labute approximate surface area is 102 Å². The molecule has 6 nitrogen and oxygen atoms in total. The van der Waals surface area contributed by atoms with E-state index in [9.17, 15) is 4.79 Å². The first kappa shape index (κ1) is 11.4. The second-order valence-electron chi connectivity index (χ2n) is 3.37. The molecule has 0 bridgehead atoms. The molecule has 0 atom stereocenters. The van der Waals surface area contributed by atoms with Gasteiger partial charge in [-0.25, -0.2) is 4.98 Å². The number of pyridine rings is 1. The number of nitrogen functional groups attached to an aromatic ring is 1. The van der Waals surface area contributed by atoms with Crippen LogP contribution in [0.15, 0.2) is 22.9 Å². The van der Waals surface area contributed by atoms with Gasteiger partial charge in [0, 0.05) is 6.07 Å². The van der Waals surface area contributed by atoms with Gasteiger partial charge in [-0.15, -0.1) is 0 Å². The lowest BCUT2D eigenvalue weighted by Gasteiger charge is -2.04. The first-order valence-electron chi connectivity index (χ1n) is 4.72. The number of halogens is 1. The molecule has 0 aliphatic carbocycles. The summed E-state index contributed by atoms with van der Waals surface area (Å²) >= 11 is 5.69. The number of anilines is 2. The van der Waals surface area contributed by atoms with Crippen LogP contribution in [0.3, 0.4) is 0 Å². The highest BCUT2D eigenvalue weighted by Gasteiger charge is 2.13. The average Bonchev–Trinajstić information content (AvgIpc) is 2.67. The van der Waals surface area contributed by atoms with Crippen LogP contribution in [0.1, 0.15) is 16.1 Å². The number of hydrogen-bond acceptors (Lipinski definition) is 5. The number of carbonyl (C=O) groups is 1. The third kappa shape index (κ3) is 2.54. The van der Waals surface area contributed by atoms with Crippen molar-refractivity contribution in [3.05, 3.63) is 34.8 Å². The van der Waals surface area contributed by atoms with Gasteiger partial charge in [0.2, 0.25) is 0 Å². The molecule has 17 heavy (non-hydrogen) atoms. The highest BCUT2D eigenvalue weighted by Crippen LogP contribution is 2.17. The van der Waals surface area contributed by atoms with E-state index in [-0.39, 0.29) is 16.4 Å². The minimum Gasteiger partial charge on any atom is -0.397 e. The van der Waals surface area contributed by atoms with Crippen LogP contribution in [0.4, 0.5) is 11.5 Å². The fraction of sp³-hybridized carbons (Fsp3) is 0.100. The number of rotatable bonds is 2. The van der Waals surface area contributed by atoms with Crippen molar-refractivity contribution in [1.29, 1.82) is 0 Å². The Bertz CT molecular complexity index is 567. The van der Waals surface area contributed by atoms with Gasteiger partial charge in [-0.05, 0) is 13.0 Å². The zero-order valence-corrected chi connectivity index (χ0v) is 9.65. The van der Waals surface area contributed by atoms with E-state index in [0.717, 1.165) is 0 Å². The van der Waals surface area contributed by atoms with Gasteiger partial charge in [0.25, 0.3) is 5.91 Å².